The summed E-state index contributed by atoms with van der Waals surface area (Å²) in [6, 6.07) is 5.14. The summed E-state index contributed by atoms with van der Waals surface area (Å²) in [5.74, 6) is -0.316. The van der Waals surface area contributed by atoms with Gasteiger partial charge in [-0.25, -0.2) is 0 Å². The molecule has 0 spiro atoms. The van der Waals surface area contributed by atoms with Gasteiger partial charge >= 0.3 is 0 Å². The Hall–Kier alpha value is -1.35. The molecule has 1 aromatic heterocycles. The average Bonchev–Trinajstić information content (AvgIpc) is 2.69. The second-order valence-electron chi connectivity index (χ2n) is 3.12. The van der Waals surface area contributed by atoms with Gasteiger partial charge in [-0.2, -0.15) is 4.98 Å². The van der Waals surface area contributed by atoms with Crippen molar-refractivity contribution >= 4 is 51.7 Å². The number of aromatic amines is 1. The van der Waals surface area contributed by atoms with E-state index in [9.17, 15) is 4.79 Å². The number of hydrogen-bond acceptors (Lipinski definition) is 4. The fourth-order valence-corrected chi connectivity index (χ4v) is 2.16. The molecule has 0 radical (unpaired) electrons. The molecule has 0 saturated carbocycles. The van der Waals surface area contributed by atoms with Crippen LogP contribution in [0.5, 0.6) is 0 Å². The summed E-state index contributed by atoms with van der Waals surface area (Å²) >= 11 is 7.89. The predicted molar refractivity (Wildman–Crippen MR) is 72.9 cm³/mol. The number of aromatic nitrogens is 3. The van der Waals surface area contributed by atoms with Crippen LogP contribution in [0.1, 0.15) is 10.6 Å². The zero-order valence-corrected chi connectivity index (χ0v) is 11.3. The topological polar surface area (TPSA) is 96.7 Å². The molecule has 8 heteroatoms. The lowest BCUT2D eigenvalue weighted by atomic mass is 10.3. The van der Waals surface area contributed by atoms with Gasteiger partial charge in [-0.15, -0.1) is 5.10 Å². The van der Waals surface area contributed by atoms with Crippen LogP contribution < -0.4 is 11.1 Å². The van der Waals surface area contributed by atoms with Crippen molar-refractivity contribution in [2.24, 2.45) is 0 Å². The van der Waals surface area contributed by atoms with Crippen LogP contribution in [0.15, 0.2) is 18.2 Å². The summed E-state index contributed by atoms with van der Waals surface area (Å²) < 4.78 is 0.830. The molecule has 17 heavy (non-hydrogen) atoms. The van der Waals surface area contributed by atoms with Gasteiger partial charge in [0.1, 0.15) is 0 Å². The Bertz CT molecular complexity index is 570. The van der Waals surface area contributed by atoms with Crippen molar-refractivity contribution in [2.45, 2.75) is 0 Å². The number of rotatable bonds is 2. The molecule has 0 unspecified atom stereocenters. The van der Waals surface area contributed by atoms with Crippen molar-refractivity contribution in [3.63, 3.8) is 0 Å². The lowest BCUT2D eigenvalue weighted by molar-refractivity contribution is 0.101. The van der Waals surface area contributed by atoms with Crippen molar-refractivity contribution in [1.29, 1.82) is 0 Å². The summed E-state index contributed by atoms with van der Waals surface area (Å²) in [7, 11) is 0. The van der Waals surface area contributed by atoms with E-state index in [0.29, 0.717) is 10.7 Å². The maximum absolute atomic E-state index is 11.7. The normalized spacial score (nSPS) is 10.2. The Morgan fingerprint density at radius 2 is 2.29 bits per heavy atom. The Kier molecular flexibility index (Phi) is 3.48. The Morgan fingerprint density at radius 3 is 2.88 bits per heavy atom. The van der Waals surface area contributed by atoms with Gasteiger partial charge in [0.25, 0.3) is 5.91 Å². The fourth-order valence-electron chi connectivity index (χ4n) is 1.15. The summed E-state index contributed by atoms with van der Waals surface area (Å²) in [6.07, 6.45) is 0. The summed E-state index contributed by atoms with van der Waals surface area (Å²) in [6.45, 7) is 0. The van der Waals surface area contributed by atoms with E-state index >= 15 is 0 Å². The first kappa shape index (κ1) is 12.1. The number of nitrogens with two attached hydrogens (primary N) is 1. The van der Waals surface area contributed by atoms with Gasteiger partial charge in [0.05, 0.1) is 5.69 Å². The number of carbonyl (C=O) groups is 1. The first-order valence-corrected chi connectivity index (χ1v) is 5.96. The minimum absolute atomic E-state index is 0.0287. The number of carbonyl (C=O) groups excluding carboxylic acids is 1. The summed E-state index contributed by atoms with van der Waals surface area (Å²) in [5, 5.41) is 9.28. The minimum atomic E-state index is -0.408. The van der Waals surface area contributed by atoms with E-state index in [-0.39, 0.29) is 11.8 Å². The molecule has 0 atom stereocenters. The molecular weight excluding hydrogens is 356 g/mol. The van der Waals surface area contributed by atoms with Crippen molar-refractivity contribution in [3.05, 3.63) is 32.6 Å². The molecule has 0 aliphatic heterocycles. The van der Waals surface area contributed by atoms with Crippen LogP contribution in [0.2, 0.25) is 5.02 Å². The van der Waals surface area contributed by atoms with E-state index < -0.39 is 5.91 Å². The lowest BCUT2D eigenvalue weighted by Crippen LogP contribution is -2.14. The summed E-state index contributed by atoms with van der Waals surface area (Å²) in [5.41, 5.74) is 5.96. The minimum Gasteiger partial charge on any atom is -0.366 e. The molecule has 88 valence electrons. The number of anilines is 2. The molecule has 1 amide bonds. The van der Waals surface area contributed by atoms with E-state index in [1.807, 2.05) is 0 Å². The number of halogens is 2. The number of nitrogen functional groups attached to an aromatic ring is 1. The Labute approximate surface area is 115 Å². The van der Waals surface area contributed by atoms with Crippen molar-refractivity contribution in [2.75, 3.05) is 11.1 Å². The van der Waals surface area contributed by atoms with Crippen LogP contribution in [0.25, 0.3) is 0 Å². The molecule has 4 N–H and O–H groups in total. The lowest BCUT2D eigenvalue weighted by Gasteiger charge is -2.05. The third-order valence-electron chi connectivity index (χ3n) is 1.90. The molecule has 0 aliphatic rings. The van der Waals surface area contributed by atoms with Crippen LogP contribution in [0.3, 0.4) is 0 Å². The molecule has 6 nitrogen and oxygen atoms in total. The molecule has 0 aliphatic carbocycles. The Morgan fingerprint density at radius 1 is 1.53 bits per heavy atom. The van der Waals surface area contributed by atoms with Crippen LogP contribution in [0, 0.1) is 3.57 Å². The predicted octanol–water partition coefficient (Wildman–Crippen LogP) is 1.90. The second kappa shape index (κ2) is 4.88. The smallest absolute Gasteiger partial charge is 0.293 e. The molecule has 2 rings (SSSR count). The number of hydrogen-bond donors (Lipinski definition) is 3. The van der Waals surface area contributed by atoms with Crippen LogP contribution in [0.4, 0.5) is 11.6 Å². The van der Waals surface area contributed by atoms with Gasteiger partial charge in [0, 0.05) is 8.59 Å². The fraction of sp³-hybridized carbons (Fsp3) is 0. The monoisotopic (exact) mass is 363 g/mol. The van der Waals surface area contributed by atoms with Gasteiger partial charge < -0.3 is 11.1 Å². The largest absolute Gasteiger partial charge is 0.366 e. The second-order valence-corrected chi connectivity index (χ2v) is 4.72. The van der Waals surface area contributed by atoms with Gasteiger partial charge in [-0.05, 0) is 40.8 Å². The molecule has 1 heterocycles. The van der Waals surface area contributed by atoms with Crippen molar-refractivity contribution in [1.82, 2.24) is 15.2 Å². The van der Waals surface area contributed by atoms with Crippen LogP contribution in [-0.2, 0) is 0 Å². The van der Waals surface area contributed by atoms with Crippen molar-refractivity contribution in [3.8, 4) is 0 Å². The van der Waals surface area contributed by atoms with Crippen molar-refractivity contribution < 1.29 is 4.79 Å². The standard InChI is InChI=1S/C9H7ClIN5O/c10-4-1-2-6(5(11)3-4)13-8(17)7-14-9(12)16-15-7/h1-3H,(H,13,17)(H3,12,14,15,16). The van der Waals surface area contributed by atoms with Gasteiger partial charge in [-0.1, -0.05) is 11.6 Å². The molecule has 0 saturated heterocycles. The van der Waals surface area contributed by atoms with Gasteiger partial charge in [-0.3, -0.25) is 9.89 Å². The first-order valence-electron chi connectivity index (χ1n) is 4.50. The Balaban J connectivity index is 2.18. The van der Waals surface area contributed by atoms with Gasteiger partial charge in [0.15, 0.2) is 0 Å². The number of nitrogens with zero attached hydrogens (tertiary/aromatic N) is 2. The molecule has 2 aromatic rings. The molecule has 1 aromatic carbocycles. The maximum atomic E-state index is 11.7. The van der Waals surface area contributed by atoms with Crippen LogP contribution in [-0.4, -0.2) is 21.1 Å². The highest BCUT2D eigenvalue weighted by Crippen LogP contribution is 2.22. The number of nitrogens with one attached hydrogen (secondary N) is 2. The van der Waals surface area contributed by atoms with E-state index in [0.717, 1.165) is 3.57 Å². The highest BCUT2D eigenvalue weighted by Gasteiger charge is 2.12. The maximum Gasteiger partial charge on any atom is 0.293 e. The number of amides is 1. The molecule has 0 bridgehead atoms. The third kappa shape index (κ3) is 2.86. The summed E-state index contributed by atoms with van der Waals surface area (Å²) in [4.78, 5) is 15.5. The average molecular weight is 364 g/mol. The zero-order valence-electron chi connectivity index (χ0n) is 8.37. The first-order chi connectivity index (χ1) is 8.06. The molecular formula is C9H7ClIN5O. The van der Waals surface area contributed by atoms with E-state index in [1.54, 1.807) is 18.2 Å². The van der Waals surface area contributed by atoms with E-state index in [4.69, 9.17) is 17.3 Å². The SMILES string of the molecule is Nc1n[nH]c(C(=O)Nc2ccc(Cl)cc2I)n1. The third-order valence-corrected chi connectivity index (χ3v) is 3.02. The number of benzene rings is 1. The molecule has 0 fully saturated rings. The number of H-pyrrole nitrogens is 1. The highest BCUT2D eigenvalue weighted by atomic mass is 127. The van der Waals surface area contributed by atoms with E-state index in [1.165, 1.54) is 0 Å². The van der Waals surface area contributed by atoms with Crippen LogP contribution >= 0.6 is 34.2 Å². The zero-order chi connectivity index (χ0) is 12.4. The van der Waals surface area contributed by atoms with Gasteiger partial charge in [0.2, 0.25) is 11.8 Å². The highest BCUT2D eigenvalue weighted by molar-refractivity contribution is 14.1. The quantitative estimate of drug-likeness (QED) is 0.710. The van der Waals surface area contributed by atoms with E-state index in [2.05, 4.69) is 43.1 Å².